The summed E-state index contributed by atoms with van der Waals surface area (Å²) in [5.41, 5.74) is 9.41. The number of furan rings is 2. The van der Waals surface area contributed by atoms with Gasteiger partial charge >= 0.3 is 0 Å². The van der Waals surface area contributed by atoms with Gasteiger partial charge in [-0.1, -0.05) is 0 Å². The largest absolute Gasteiger partial charge is 0.467 e. The molecule has 5 rings (SSSR count). The topological polar surface area (TPSA) is 97.9 Å². The average molecular weight is 406 g/mol. The second kappa shape index (κ2) is 6.59. The summed E-state index contributed by atoms with van der Waals surface area (Å²) in [6.45, 7) is 3.90. The van der Waals surface area contributed by atoms with E-state index in [9.17, 15) is 4.79 Å². The average Bonchev–Trinajstić information content (AvgIpc) is 3.46. The molecule has 0 fully saturated rings. The van der Waals surface area contributed by atoms with Crippen LogP contribution in [0.3, 0.4) is 0 Å². The minimum absolute atomic E-state index is 0.273. The van der Waals surface area contributed by atoms with Crippen molar-refractivity contribution in [3.05, 3.63) is 70.5 Å². The van der Waals surface area contributed by atoms with E-state index in [1.807, 2.05) is 32.0 Å². The van der Waals surface area contributed by atoms with Crippen molar-refractivity contribution in [3.8, 4) is 0 Å². The predicted octanol–water partition coefficient (Wildman–Crippen LogP) is 4.67. The monoisotopic (exact) mass is 406 g/mol. The van der Waals surface area contributed by atoms with E-state index < -0.39 is 0 Å². The first kappa shape index (κ1) is 17.7. The molecule has 4 aromatic heterocycles. The minimum Gasteiger partial charge on any atom is -0.467 e. The number of hydrazone groups is 1. The van der Waals surface area contributed by atoms with E-state index in [0.29, 0.717) is 34.2 Å². The third kappa shape index (κ3) is 2.84. The van der Waals surface area contributed by atoms with Gasteiger partial charge in [0.05, 0.1) is 18.2 Å². The Morgan fingerprint density at radius 3 is 2.76 bits per heavy atom. The molecule has 0 saturated heterocycles. The van der Waals surface area contributed by atoms with Crippen LogP contribution >= 0.6 is 11.3 Å². The van der Waals surface area contributed by atoms with Crippen molar-refractivity contribution in [3.63, 3.8) is 0 Å². The van der Waals surface area contributed by atoms with Gasteiger partial charge in [0, 0.05) is 17.5 Å². The zero-order valence-electron chi connectivity index (χ0n) is 15.9. The summed E-state index contributed by atoms with van der Waals surface area (Å²) < 4.78 is 11.1. The van der Waals surface area contributed by atoms with Crippen LogP contribution in [0, 0.1) is 13.8 Å². The summed E-state index contributed by atoms with van der Waals surface area (Å²) in [6.07, 6.45) is 3.67. The molecule has 1 aliphatic rings. The molecule has 0 bridgehead atoms. The van der Waals surface area contributed by atoms with E-state index in [2.05, 4.69) is 10.1 Å². The summed E-state index contributed by atoms with van der Waals surface area (Å²) in [5, 5.41) is 6.84. The van der Waals surface area contributed by atoms with E-state index in [0.717, 1.165) is 21.5 Å². The molecule has 1 atom stereocenters. The van der Waals surface area contributed by atoms with Crippen LogP contribution < -0.4 is 5.73 Å². The molecule has 1 amide bonds. The Labute approximate surface area is 170 Å². The van der Waals surface area contributed by atoms with Crippen molar-refractivity contribution in [2.24, 2.45) is 5.10 Å². The summed E-state index contributed by atoms with van der Waals surface area (Å²) in [7, 11) is 0. The number of carbonyl (C=O) groups excluding carboxylic acids is 1. The lowest BCUT2D eigenvalue weighted by Crippen LogP contribution is -2.26. The number of hydrogen-bond acceptors (Lipinski definition) is 7. The number of thiophene rings is 1. The van der Waals surface area contributed by atoms with Gasteiger partial charge in [-0.2, -0.15) is 5.10 Å². The molecule has 4 aromatic rings. The summed E-state index contributed by atoms with van der Waals surface area (Å²) >= 11 is 1.29. The lowest BCUT2D eigenvalue weighted by molar-refractivity contribution is 0.0699. The molecule has 8 heteroatoms. The molecule has 7 nitrogen and oxygen atoms in total. The smallest absolute Gasteiger partial charge is 0.286 e. The van der Waals surface area contributed by atoms with Crippen molar-refractivity contribution in [2.75, 3.05) is 5.73 Å². The number of aromatic nitrogens is 1. The van der Waals surface area contributed by atoms with Crippen LogP contribution in [0.4, 0.5) is 5.69 Å². The summed E-state index contributed by atoms with van der Waals surface area (Å²) in [5.74, 6) is 1.02. The van der Waals surface area contributed by atoms with Crippen molar-refractivity contribution >= 4 is 38.9 Å². The van der Waals surface area contributed by atoms with Gasteiger partial charge in [0.25, 0.3) is 5.91 Å². The number of nitrogens with zero attached hydrogens (tertiary/aromatic N) is 3. The van der Waals surface area contributed by atoms with Crippen molar-refractivity contribution in [2.45, 2.75) is 26.3 Å². The Hall–Kier alpha value is -3.39. The van der Waals surface area contributed by atoms with Crippen molar-refractivity contribution in [1.29, 1.82) is 0 Å². The Morgan fingerprint density at radius 1 is 1.24 bits per heavy atom. The van der Waals surface area contributed by atoms with Crippen LogP contribution in [-0.2, 0) is 0 Å². The maximum absolute atomic E-state index is 13.5. The maximum Gasteiger partial charge on any atom is 0.286 e. The number of aryl methyl sites for hydroxylation is 2. The third-order valence-electron chi connectivity index (χ3n) is 5.01. The van der Waals surface area contributed by atoms with E-state index in [-0.39, 0.29) is 11.9 Å². The van der Waals surface area contributed by atoms with E-state index >= 15 is 0 Å². The standard InChI is InChI=1S/C21H18N4O3S/c1-11-9-12(2)23-20-17(11)18(22)19(29-20)21(26)25-14(16-6-4-8-28-16)10-13(24-25)15-5-3-7-27-15/h3-9,14H,10,22H2,1-2H3/t14-/m0/s1. The number of fused-ring (bicyclic) bond motifs is 1. The second-order valence-corrected chi connectivity index (χ2v) is 8.01. The van der Waals surface area contributed by atoms with Crippen LogP contribution in [0.15, 0.2) is 56.8 Å². The number of pyridine rings is 1. The molecule has 29 heavy (non-hydrogen) atoms. The fraction of sp³-hybridized carbons (Fsp3) is 0.190. The molecule has 1 aliphatic heterocycles. The Bertz CT molecular complexity index is 1240. The Morgan fingerprint density at radius 2 is 2.03 bits per heavy atom. The van der Waals surface area contributed by atoms with E-state index in [1.165, 1.54) is 16.3 Å². The van der Waals surface area contributed by atoms with Gasteiger partial charge in [-0.05, 0) is 49.7 Å². The quantitative estimate of drug-likeness (QED) is 0.533. The number of rotatable bonds is 3. The van der Waals surface area contributed by atoms with Gasteiger partial charge in [0.2, 0.25) is 0 Å². The number of carbonyl (C=O) groups is 1. The highest BCUT2D eigenvalue weighted by Gasteiger charge is 2.37. The first-order valence-electron chi connectivity index (χ1n) is 9.17. The SMILES string of the molecule is Cc1cc(C)c2c(N)c(C(=O)N3N=C(c4ccco4)C[C@H]3c3ccco3)sc2n1. The highest BCUT2D eigenvalue weighted by Crippen LogP contribution is 2.40. The fourth-order valence-electron chi connectivity index (χ4n) is 3.72. The summed E-state index contributed by atoms with van der Waals surface area (Å²) in [6, 6.07) is 8.87. The van der Waals surface area contributed by atoms with Crippen LogP contribution in [0.5, 0.6) is 0 Å². The number of anilines is 1. The molecule has 0 aliphatic carbocycles. The van der Waals surface area contributed by atoms with Crippen LogP contribution in [0.1, 0.15) is 44.9 Å². The summed E-state index contributed by atoms with van der Waals surface area (Å²) in [4.78, 5) is 19.2. The lowest BCUT2D eigenvalue weighted by Gasteiger charge is -2.19. The molecule has 2 N–H and O–H groups in total. The normalized spacial score (nSPS) is 16.6. The molecule has 0 saturated carbocycles. The molecule has 0 aromatic carbocycles. The lowest BCUT2D eigenvalue weighted by atomic mass is 10.1. The molecule has 0 spiro atoms. The minimum atomic E-state index is -0.363. The number of nitrogen functional groups attached to an aromatic ring is 1. The zero-order valence-corrected chi connectivity index (χ0v) is 16.7. The Balaban J connectivity index is 1.60. The van der Waals surface area contributed by atoms with E-state index in [4.69, 9.17) is 14.6 Å². The van der Waals surface area contributed by atoms with Gasteiger partial charge in [0.15, 0.2) is 0 Å². The second-order valence-electron chi connectivity index (χ2n) is 7.01. The molecular formula is C21H18N4O3S. The van der Waals surface area contributed by atoms with Gasteiger partial charge in [-0.25, -0.2) is 9.99 Å². The first-order chi connectivity index (χ1) is 14.0. The molecule has 5 heterocycles. The van der Waals surface area contributed by atoms with Crippen molar-refractivity contribution in [1.82, 2.24) is 9.99 Å². The Kier molecular flexibility index (Phi) is 4.02. The van der Waals surface area contributed by atoms with Crippen LogP contribution in [-0.4, -0.2) is 21.6 Å². The van der Waals surface area contributed by atoms with Gasteiger partial charge < -0.3 is 14.6 Å². The van der Waals surface area contributed by atoms with Gasteiger partial charge in [-0.15, -0.1) is 11.3 Å². The fourth-order valence-corrected chi connectivity index (χ4v) is 4.87. The van der Waals surface area contributed by atoms with Gasteiger partial charge in [-0.3, -0.25) is 4.79 Å². The number of hydrogen-bond donors (Lipinski definition) is 1. The van der Waals surface area contributed by atoms with E-state index in [1.54, 1.807) is 24.7 Å². The molecule has 146 valence electrons. The predicted molar refractivity (Wildman–Crippen MR) is 111 cm³/mol. The van der Waals surface area contributed by atoms with Gasteiger partial charge in [0.1, 0.15) is 33.0 Å². The van der Waals surface area contributed by atoms with Crippen molar-refractivity contribution < 1.29 is 13.6 Å². The molecule has 0 unspecified atom stereocenters. The third-order valence-corrected chi connectivity index (χ3v) is 6.10. The maximum atomic E-state index is 13.5. The first-order valence-corrected chi connectivity index (χ1v) is 9.99. The van der Waals surface area contributed by atoms with Crippen LogP contribution in [0.25, 0.3) is 10.2 Å². The van der Waals surface area contributed by atoms with Crippen LogP contribution in [0.2, 0.25) is 0 Å². The number of amides is 1. The molecular weight excluding hydrogens is 388 g/mol. The number of nitrogens with two attached hydrogens (primary N) is 1. The highest BCUT2D eigenvalue weighted by molar-refractivity contribution is 7.21. The highest BCUT2D eigenvalue weighted by atomic mass is 32.1. The zero-order chi connectivity index (χ0) is 20.1. The molecule has 0 radical (unpaired) electrons.